The molecule has 0 aromatic heterocycles. The number of ether oxygens (including phenoxy) is 3. The summed E-state index contributed by atoms with van der Waals surface area (Å²) in [5.74, 6) is 2.18. The molecule has 0 spiro atoms. The van der Waals surface area contributed by atoms with Crippen LogP contribution in [-0.2, 0) is 16.4 Å². The maximum atomic E-state index is 11.1. The number of nitrogens with one attached hydrogen (secondary N) is 1. The van der Waals surface area contributed by atoms with E-state index in [9.17, 15) is 8.42 Å². The van der Waals surface area contributed by atoms with Crippen molar-refractivity contribution in [3.63, 3.8) is 0 Å². The van der Waals surface area contributed by atoms with Crippen LogP contribution in [-0.4, -0.2) is 40.9 Å². The molecule has 0 fully saturated rings. The third-order valence-corrected chi connectivity index (χ3v) is 3.87. The smallest absolute Gasteiger partial charge is 0.231 e. The number of fused-ring (bicyclic) bond motifs is 1. The van der Waals surface area contributed by atoms with E-state index in [4.69, 9.17) is 14.2 Å². The predicted octanol–water partition coefficient (Wildman–Crippen LogP) is 0.948. The van der Waals surface area contributed by atoms with Gasteiger partial charge in [0.1, 0.15) is 15.6 Å². The van der Waals surface area contributed by atoms with Crippen molar-refractivity contribution in [3.05, 3.63) is 17.7 Å². The third kappa shape index (κ3) is 4.01. The molecule has 0 bridgehead atoms. The second-order valence-electron chi connectivity index (χ2n) is 4.68. The summed E-state index contributed by atoms with van der Waals surface area (Å²) in [7, 11) is -1.10. The van der Waals surface area contributed by atoms with Gasteiger partial charge in [-0.05, 0) is 19.5 Å². The van der Waals surface area contributed by atoms with Crippen LogP contribution < -0.4 is 19.5 Å². The van der Waals surface area contributed by atoms with Crippen molar-refractivity contribution in [2.75, 3.05) is 32.5 Å². The zero-order valence-electron chi connectivity index (χ0n) is 11.6. The fraction of sp³-hybridized carbons (Fsp3) is 0.538. The molecule has 0 saturated carbocycles. The normalized spacial score (nSPS) is 13.5. The lowest BCUT2D eigenvalue weighted by Crippen LogP contribution is -2.11. The maximum absolute atomic E-state index is 11.1. The Balaban J connectivity index is 2.02. The highest BCUT2D eigenvalue weighted by Gasteiger charge is 2.17. The van der Waals surface area contributed by atoms with Crippen molar-refractivity contribution in [1.29, 1.82) is 0 Å². The van der Waals surface area contributed by atoms with Gasteiger partial charge in [0, 0.05) is 24.4 Å². The first-order valence-electron chi connectivity index (χ1n) is 6.37. The van der Waals surface area contributed by atoms with Crippen LogP contribution in [0, 0.1) is 0 Å². The fourth-order valence-electron chi connectivity index (χ4n) is 1.93. The molecule has 1 aromatic carbocycles. The van der Waals surface area contributed by atoms with Gasteiger partial charge in [0.05, 0.1) is 12.4 Å². The van der Waals surface area contributed by atoms with Gasteiger partial charge >= 0.3 is 0 Å². The van der Waals surface area contributed by atoms with Crippen LogP contribution in [0.2, 0.25) is 0 Å². The summed E-state index contributed by atoms with van der Waals surface area (Å²) >= 11 is 0. The van der Waals surface area contributed by atoms with Crippen LogP contribution >= 0.6 is 0 Å². The molecule has 1 aromatic rings. The molecule has 0 atom stereocenters. The number of benzene rings is 1. The Morgan fingerprint density at radius 3 is 2.65 bits per heavy atom. The molecule has 2 rings (SSSR count). The van der Waals surface area contributed by atoms with Crippen molar-refractivity contribution < 1.29 is 22.6 Å². The van der Waals surface area contributed by atoms with Crippen LogP contribution in [0.3, 0.4) is 0 Å². The van der Waals surface area contributed by atoms with Gasteiger partial charge in [-0.2, -0.15) is 0 Å². The maximum Gasteiger partial charge on any atom is 0.231 e. The average Bonchev–Trinajstić information content (AvgIpc) is 2.81. The molecule has 1 aliphatic rings. The van der Waals surface area contributed by atoms with Gasteiger partial charge < -0.3 is 19.5 Å². The molecule has 1 N–H and O–H groups in total. The first-order valence-corrected chi connectivity index (χ1v) is 8.43. The fourth-order valence-corrected chi connectivity index (χ4v) is 2.57. The van der Waals surface area contributed by atoms with Crippen molar-refractivity contribution in [2.24, 2.45) is 0 Å². The lowest BCUT2D eigenvalue weighted by Gasteiger charge is -2.12. The van der Waals surface area contributed by atoms with E-state index in [1.165, 1.54) is 6.26 Å². The van der Waals surface area contributed by atoms with Gasteiger partial charge in [-0.1, -0.05) is 0 Å². The molecule has 1 heterocycles. The Kier molecular flexibility index (Phi) is 4.72. The van der Waals surface area contributed by atoms with Crippen LogP contribution in [0.25, 0.3) is 0 Å². The van der Waals surface area contributed by atoms with Gasteiger partial charge in [0.25, 0.3) is 0 Å². The Morgan fingerprint density at radius 1 is 1.30 bits per heavy atom. The summed E-state index contributed by atoms with van der Waals surface area (Å²) in [4.78, 5) is 0. The van der Waals surface area contributed by atoms with Crippen molar-refractivity contribution >= 4 is 9.84 Å². The lowest BCUT2D eigenvalue weighted by molar-refractivity contribution is 0.173. The highest BCUT2D eigenvalue weighted by atomic mass is 32.2. The molecule has 0 unspecified atom stereocenters. The second kappa shape index (κ2) is 6.32. The summed E-state index contributed by atoms with van der Waals surface area (Å²) in [5.41, 5.74) is 0.955. The minimum Gasteiger partial charge on any atom is -0.493 e. The average molecular weight is 301 g/mol. The Morgan fingerprint density at radius 2 is 2.00 bits per heavy atom. The van der Waals surface area contributed by atoms with Crippen LogP contribution in [0.5, 0.6) is 17.2 Å². The van der Waals surface area contributed by atoms with Gasteiger partial charge in [-0.3, -0.25) is 0 Å². The van der Waals surface area contributed by atoms with E-state index in [1.807, 2.05) is 13.1 Å². The molecule has 112 valence electrons. The van der Waals surface area contributed by atoms with E-state index in [2.05, 4.69) is 5.32 Å². The van der Waals surface area contributed by atoms with E-state index in [-0.39, 0.29) is 12.5 Å². The highest BCUT2D eigenvalue weighted by Crippen LogP contribution is 2.38. The van der Waals surface area contributed by atoms with Crippen molar-refractivity contribution in [3.8, 4) is 17.2 Å². The van der Waals surface area contributed by atoms with Crippen molar-refractivity contribution in [1.82, 2.24) is 5.32 Å². The topological polar surface area (TPSA) is 73.9 Å². The minimum atomic E-state index is -2.95. The van der Waals surface area contributed by atoms with Crippen LogP contribution in [0.4, 0.5) is 0 Å². The molecule has 6 nitrogen and oxygen atoms in total. The zero-order valence-corrected chi connectivity index (χ0v) is 12.5. The van der Waals surface area contributed by atoms with Crippen molar-refractivity contribution in [2.45, 2.75) is 13.0 Å². The van der Waals surface area contributed by atoms with Gasteiger partial charge in [-0.25, -0.2) is 8.42 Å². The Hall–Kier alpha value is -1.47. The summed E-state index contributed by atoms with van der Waals surface area (Å²) in [6.07, 6.45) is 1.69. The summed E-state index contributed by atoms with van der Waals surface area (Å²) in [6, 6.07) is 3.67. The Labute approximate surface area is 118 Å². The number of hydrogen-bond acceptors (Lipinski definition) is 6. The third-order valence-electron chi connectivity index (χ3n) is 2.84. The molecular weight excluding hydrogens is 282 g/mol. The van der Waals surface area contributed by atoms with E-state index >= 15 is 0 Å². The van der Waals surface area contributed by atoms with Gasteiger partial charge in [-0.15, -0.1) is 0 Å². The van der Waals surface area contributed by atoms with E-state index < -0.39 is 9.84 Å². The predicted molar refractivity (Wildman–Crippen MR) is 75.2 cm³/mol. The summed E-state index contributed by atoms with van der Waals surface area (Å²) in [5, 5.41) is 3.06. The molecule has 7 heteroatoms. The first kappa shape index (κ1) is 14.9. The van der Waals surface area contributed by atoms with E-state index in [0.29, 0.717) is 36.8 Å². The minimum absolute atomic E-state index is 0.124. The Bertz CT molecular complexity index is 570. The van der Waals surface area contributed by atoms with Crippen LogP contribution in [0.15, 0.2) is 12.1 Å². The molecule has 1 aliphatic heterocycles. The molecule has 0 saturated heterocycles. The lowest BCUT2D eigenvalue weighted by atomic mass is 10.1. The molecule has 0 aliphatic carbocycles. The number of sulfone groups is 1. The zero-order chi connectivity index (χ0) is 14.6. The first-order chi connectivity index (χ1) is 9.49. The largest absolute Gasteiger partial charge is 0.493 e. The molecular formula is C13H19NO5S. The quantitative estimate of drug-likeness (QED) is 0.756. The summed E-state index contributed by atoms with van der Waals surface area (Å²) in [6.45, 7) is 1.20. The number of hydrogen-bond donors (Lipinski definition) is 1. The highest BCUT2D eigenvalue weighted by molar-refractivity contribution is 7.90. The standard InChI is InChI=1S/C13H19NO5S/c1-14-8-10-6-12-13(19-9-18-12)7-11(10)17-4-3-5-20(2,15)16/h6-7,14H,3-5,8-9H2,1-2H3. The molecule has 20 heavy (non-hydrogen) atoms. The van der Waals surface area contributed by atoms with Gasteiger partial charge in [0.15, 0.2) is 11.5 Å². The second-order valence-corrected chi connectivity index (χ2v) is 6.94. The molecule has 0 radical (unpaired) electrons. The summed E-state index contributed by atoms with van der Waals surface area (Å²) < 4.78 is 38.4. The monoisotopic (exact) mass is 301 g/mol. The van der Waals surface area contributed by atoms with Gasteiger partial charge in [0.2, 0.25) is 6.79 Å². The van der Waals surface area contributed by atoms with E-state index in [0.717, 1.165) is 5.56 Å². The molecule has 0 amide bonds. The SMILES string of the molecule is CNCc1cc2c(cc1OCCCS(C)(=O)=O)OCO2. The van der Waals surface area contributed by atoms with Crippen LogP contribution in [0.1, 0.15) is 12.0 Å². The van der Waals surface area contributed by atoms with E-state index in [1.54, 1.807) is 6.07 Å². The number of rotatable bonds is 7.